The Bertz CT molecular complexity index is 464. The van der Waals surface area contributed by atoms with Crippen molar-refractivity contribution in [2.45, 2.75) is 19.4 Å². The van der Waals surface area contributed by atoms with Crippen LogP contribution in [0.5, 0.6) is 0 Å². The fraction of sp³-hybridized carbons (Fsp3) is 0.364. The average Bonchev–Trinajstić information content (AvgIpc) is 2.62. The standard InChI is InChI=1S/C11H15N3S/c1-7(13-2)5-8-6-10-11(15-8)9(12)3-4-14-10/h3-4,6-7,13H,5H2,1-2H3,(H2,12,14)/t7-/m0/s1. The van der Waals surface area contributed by atoms with Gasteiger partial charge < -0.3 is 11.1 Å². The molecule has 0 saturated heterocycles. The highest BCUT2D eigenvalue weighted by Crippen LogP contribution is 2.29. The minimum absolute atomic E-state index is 0.485. The topological polar surface area (TPSA) is 50.9 Å². The maximum atomic E-state index is 5.89. The van der Waals surface area contributed by atoms with E-state index < -0.39 is 0 Å². The maximum Gasteiger partial charge on any atom is 0.0833 e. The first-order chi connectivity index (χ1) is 7.20. The summed E-state index contributed by atoms with van der Waals surface area (Å²) in [7, 11) is 1.98. The minimum atomic E-state index is 0.485. The lowest BCUT2D eigenvalue weighted by Crippen LogP contribution is -2.22. The number of aromatic nitrogens is 1. The van der Waals surface area contributed by atoms with Crippen molar-refractivity contribution < 1.29 is 0 Å². The molecule has 0 aromatic carbocycles. The number of thiophene rings is 1. The summed E-state index contributed by atoms with van der Waals surface area (Å²) in [4.78, 5) is 5.64. The van der Waals surface area contributed by atoms with Crippen LogP contribution in [0.15, 0.2) is 18.3 Å². The van der Waals surface area contributed by atoms with Crippen molar-refractivity contribution in [2.75, 3.05) is 12.8 Å². The molecule has 0 fully saturated rings. The van der Waals surface area contributed by atoms with Gasteiger partial charge in [0.05, 0.1) is 15.9 Å². The summed E-state index contributed by atoms with van der Waals surface area (Å²) in [5.74, 6) is 0. The molecule has 4 heteroatoms. The van der Waals surface area contributed by atoms with Gasteiger partial charge in [0.15, 0.2) is 0 Å². The van der Waals surface area contributed by atoms with Crippen molar-refractivity contribution in [3.8, 4) is 0 Å². The lowest BCUT2D eigenvalue weighted by molar-refractivity contribution is 0.613. The number of hydrogen-bond donors (Lipinski definition) is 2. The van der Waals surface area contributed by atoms with E-state index in [0.29, 0.717) is 6.04 Å². The van der Waals surface area contributed by atoms with Gasteiger partial charge in [-0.1, -0.05) is 0 Å². The summed E-state index contributed by atoms with van der Waals surface area (Å²) >= 11 is 1.74. The van der Waals surface area contributed by atoms with E-state index in [-0.39, 0.29) is 0 Å². The van der Waals surface area contributed by atoms with E-state index in [1.165, 1.54) is 4.88 Å². The lowest BCUT2D eigenvalue weighted by Gasteiger charge is -2.06. The zero-order valence-corrected chi connectivity index (χ0v) is 9.77. The van der Waals surface area contributed by atoms with Crippen LogP contribution >= 0.6 is 11.3 Å². The fourth-order valence-electron chi connectivity index (χ4n) is 1.51. The van der Waals surface area contributed by atoms with Gasteiger partial charge in [-0.3, -0.25) is 4.98 Å². The molecule has 0 aliphatic rings. The normalized spacial score (nSPS) is 13.2. The van der Waals surface area contributed by atoms with Gasteiger partial charge in [-0.05, 0) is 32.5 Å². The first-order valence-electron chi connectivity index (χ1n) is 5.01. The summed E-state index contributed by atoms with van der Waals surface area (Å²) in [6.45, 7) is 2.17. The highest BCUT2D eigenvalue weighted by molar-refractivity contribution is 7.19. The molecule has 0 aliphatic carbocycles. The molecule has 80 valence electrons. The van der Waals surface area contributed by atoms with Gasteiger partial charge in [0.2, 0.25) is 0 Å². The Kier molecular flexibility index (Phi) is 2.88. The van der Waals surface area contributed by atoms with Crippen LogP contribution in [0.1, 0.15) is 11.8 Å². The van der Waals surface area contributed by atoms with E-state index >= 15 is 0 Å². The molecule has 3 N–H and O–H groups in total. The first-order valence-corrected chi connectivity index (χ1v) is 5.82. The van der Waals surface area contributed by atoms with Crippen molar-refractivity contribution >= 4 is 27.2 Å². The van der Waals surface area contributed by atoms with Gasteiger partial charge >= 0.3 is 0 Å². The molecule has 15 heavy (non-hydrogen) atoms. The van der Waals surface area contributed by atoms with Crippen LogP contribution in [0.3, 0.4) is 0 Å². The summed E-state index contributed by atoms with van der Waals surface area (Å²) in [6, 6.07) is 4.47. The number of pyridine rings is 1. The number of likely N-dealkylation sites (N-methyl/N-ethyl adjacent to an activating group) is 1. The molecule has 0 unspecified atom stereocenters. The Morgan fingerprint density at radius 2 is 2.40 bits per heavy atom. The molecule has 0 spiro atoms. The van der Waals surface area contributed by atoms with Crippen LogP contribution in [0.4, 0.5) is 5.69 Å². The largest absolute Gasteiger partial charge is 0.397 e. The van der Waals surface area contributed by atoms with E-state index in [2.05, 4.69) is 23.3 Å². The Balaban J connectivity index is 2.35. The third-order valence-corrected chi connectivity index (χ3v) is 3.69. The maximum absolute atomic E-state index is 5.89. The Labute approximate surface area is 93.3 Å². The summed E-state index contributed by atoms with van der Waals surface area (Å²) in [6.07, 6.45) is 2.78. The van der Waals surface area contributed by atoms with Gasteiger partial charge in [0.1, 0.15) is 0 Å². The number of nitrogens with zero attached hydrogens (tertiary/aromatic N) is 1. The van der Waals surface area contributed by atoms with Crippen molar-refractivity contribution in [3.63, 3.8) is 0 Å². The molecule has 3 nitrogen and oxygen atoms in total. The lowest BCUT2D eigenvalue weighted by atomic mass is 10.2. The van der Waals surface area contributed by atoms with Gasteiger partial charge in [-0.2, -0.15) is 0 Å². The molecule has 1 atom stereocenters. The zero-order chi connectivity index (χ0) is 10.8. The van der Waals surface area contributed by atoms with E-state index in [0.717, 1.165) is 22.3 Å². The highest BCUT2D eigenvalue weighted by Gasteiger charge is 2.07. The van der Waals surface area contributed by atoms with Crippen LogP contribution in [-0.4, -0.2) is 18.1 Å². The van der Waals surface area contributed by atoms with Crippen LogP contribution in [0, 0.1) is 0 Å². The number of nitrogens with two attached hydrogens (primary N) is 1. The molecule has 0 aliphatic heterocycles. The van der Waals surface area contributed by atoms with Crippen molar-refractivity contribution in [1.29, 1.82) is 0 Å². The van der Waals surface area contributed by atoms with E-state index in [1.807, 2.05) is 13.1 Å². The highest BCUT2D eigenvalue weighted by atomic mass is 32.1. The Hall–Kier alpha value is -1.13. The van der Waals surface area contributed by atoms with Gasteiger partial charge in [-0.15, -0.1) is 11.3 Å². The smallest absolute Gasteiger partial charge is 0.0833 e. The summed E-state index contributed by atoms with van der Waals surface area (Å²) < 4.78 is 1.11. The SMILES string of the molecule is CN[C@@H](C)Cc1cc2nccc(N)c2s1. The zero-order valence-electron chi connectivity index (χ0n) is 8.95. The Morgan fingerprint density at radius 1 is 1.60 bits per heavy atom. The van der Waals surface area contributed by atoms with E-state index in [9.17, 15) is 0 Å². The third kappa shape index (κ3) is 2.11. The van der Waals surface area contributed by atoms with E-state index in [1.54, 1.807) is 17.5 Å². The third-order valence-electron chi connectivity index (χ3n) is 2.49. The average molecular weight is 221 g/mol. The monoisotopic (exact) mass is 221 g/mol. The predicted molar refractivity (Wildman–Crippen MR) is 66.3 cm³/mol. The fourth-order valence-corrected chi connectivity index (χ4v) is 2.68. The van der Waals surface area contributed by atoms with Crippen molar-refractivity contribution in [3.05, 3.63) is 23.2 Å². The number of rotatable bonds is 3. The van der Waals surface area contributed by atoms with Crippen molar-refractivity contribution in [1.82, 2.24) is 10.3 Å². The number of hydrogen-bond acceptors (Lipinski definition) is 4. The molecule has 2 rings (SSSR count). The summed E-state index contributed by atoms with van der Waals surface area (Å²) in [5.41, 5.74) is 7.73. The van der Waals surface area contributed by atoms with Gasteiger partial charge in [0.25, 0.3) is 0 Å². The second kappa shape index (κ2) is 4.16. The quantitative estimate of drug-likeness (QED) is 0.833. The molecule has 2 aromatic rings. The number of nitrogen functional groups attached to an aromatic ring is 1. The number of fused-ring (bicyclic) bond motifs is 1. The van der Waals surface area contributed by atoms with Crippen LogP contribution in [-0.2, 0) is 6.42 Å². The second-order valence-corrected chi connectivity index (χ2v) is 4.86. The van der Waals surface area contributed by atoms with Gasteiger partial charge in [0, 0.05) is 17.1 Å². The van der Waals surface area contributed by atoms with E-state index in [4.69, 9.17) is 5.73 Å². The first kappa shape index (κ1) is 10.4. The summed E-state index contributed by atoms with van der Waals surface area (Å²) in [5, 5.41) is 3.23. The number of anilines is 1. The van der Waals surface area contributed by atoms with Gasteiger partial charge in [-0.25, -0.2) is 0 Å². The second-order valence-electron chi connectivity index (χ2n) is 3.72. The van der Waals surface area contributed by atoms with Crippen LogP contribution < -0.4 is 11.1 Å². The number of nitrogens with one attached hydrogen (secondary N) is 1. The molecule has 2 aromatic heterocycles. The van der Waals surface area contributed by atoms with Crippen molar-refractivity contribution in [2.24, 2.45) is 0 Å². The predicted octanol–water partition coefficient (Wildman–Crippen LogP) is 2.03. The molecule has 0 saturated carbocycles. The molecular weight excluding hydrogens is 206 g/mol. The molecular formula is C11H15N3S. The van der Waals surface area contributed by atoms with Crippen LogP contribution in [0.25, 0.3) is 10.2 Å². The molecule has 2 heterocycles. The molecule has 0 bridgehead atoms. The molecule has 0 radical (unpaired) electrons. The minimum Gasteiger partial charge on any atom is -0.397 e. The molecule has 0 amide bonds. The Morgan fingerprint density at radius 3 is 3.07 bits per heavy atom. The van der Waals surface area contributed by atoms with Crippen LogP contribution in [0.2, 0.25) is 0 Å².